The van der Waals surface area contributed by atoms with Crippen molar-refractivity contribution in [1.82, 2.24) is 5.32 Å². The van der Waals surface area contributed by atoms with E-state index in [1.165, 1.54) is 0 Å². The summed E-state index contributed by atoms with van der Waals surface area (Å²) in [6.45, 7) is 7.56. The molecule has 18 heavy (non-hydrogen) atoms. The molecule has 0 aromatic carbocycles. The Morgan fingerprint density at radius 1 is 1.06 bits per heavy atom. The van der Waals surface area contributed by atoms with Gasteiger partial charge in [0.05, 0.1) is 0 Å². The fraction of sp³-hybridized carbons (Fsp3) is 1.00. The molecule has 0 heterocycles. The maximum absolute atomic E-state index is 5.82. The van der Waals surface area contributed by atoms with E-state index in [0.717, 1.165) is 32.0 Å². The highest BCUT2D eigenvalue weighted by Crippen LogP contribution is 2.43. The van der Waals surface area contributed by atoms with Gasteiger partial charge in [-0.2, -0.15) is 0 Å². The van der Waals surface area contributed by atoms with E-state index < -0.39 is 8.56 Å². The molecule has 0 atom stereocenters. The number of nitrogens with two attached hydrogens (primary N) is 2. The van der Waals surface area contributed by atoms with Gasteiger partial charge in [0.15, 0.2) is 0 Å². The summed E-state index contributed by atoms with van der Waals surface area (Å²) in [5.41, 5.74) is 11.1. The van der Waals surface area contributed by atoms with Crippen LogP contribution in [-0.2, 0) is 8.85 Å². The van der Waals surface area contributed by atoms with Crippen molar-refractivity contribution in [2.45, 2.75) is 37.8 Å². The Morgan fingerprint density at radius 2 is 1.67 bits per heavy atom. The van der Waals surface area contributed by atoms with Gasteiger partial charge in [-0.1, -0.05) is 13.8 Å². The quantitative estimate of drug-likeness (QED) is 0.384. The lowest BCUT2D eigenvalue weighted by Gasteiger charge is -2.41. The number of rotatable bonds is 11. The number of hydrogen-bond acceptors (Lipinski definition) is 5. The second kappa shape index (κ2) is 9.01. The van der Waals surface area contributed by atoms with E-state index >= 15 is 0 Å². The molecule has 0 unspecified atom stereocenters. The highest BCUT2D eigenvalue weighted by Gasteiger charge is 2.49. The van der Waals surface area contributed by atoms with Crippen LogP contribution in [0.4, 0.5) is 0 Å². The molecule has 5 N–H and O–H groups in total. The molecule has 5 nitrogen and oxygen atoms in total. The second-order valence-electron chi connectivity index (χ2n) is 5.23. The Bertz CT molecular complexity index is 211. The summed E-state index contributed by atoms with van der Waals surface area (Å²) < 4.78 is 11.6. The zero-order valence-electron chi connectivity index (χ0n) is 12.4. The van der Waals surface area contributed by atoms with Crippen LogP contribution in [0.3, 0.4) is 0 Å². The van der Waals surface area contributed by atoms with Gasteiger partial charge in [0.1, 0.15) is 0 Å². The Morgan fingerprint density at radius 3 is 2.11 bits per heavy atom. The van der Waals surface area contributed by atoms with E-state index in [-0.39, 0.29) is 5.04 Å². The summed E-state index contributed by atoms with van der Waals surface area (Å²) in [6, 6.07) is 0.977. The first kappa shape index (κ1) is 18.0. The minimum Gasteiger partial charge on any atom is -0.397 e. The molecular formula is C12H31N3O2Si. The van der Waals surface area contributed by atoms with Crippen LogP contribution in [0, 0.1) is 0 Å². The largest absolute Gasteiger partial charge is 0.397 e. The fourth-order valence-electron chi connectivity index (χ4n) is 2.40. The lowest BCUT2D eigenvalue weighted by Crippen LogP contribution is -2.51. The minimum absolute atomic E-state index is 0.0269. The zero-order valence-corrected chi connectivity index (χ0v) is 13.4. The second-order valence-corrected chi connectivity index (χ2v) is 9.40. The van der Waals surface area contributed by atoms with Crippen molar-refractivity contribution in [3.05, 3.63) is 0 Å². The van der Waals surface area contributed by atoms with Crippen LogP contribution in [-0.4, -0.2) is 49.0 Å². The zero-order chi connectivity index (χ0) is 14.1. The number of hydrogen-bond donors (Lipinski definition) is 3. The van der Waals surface area contributed by atoms with Crippen molar-refractivity contribution in [1.29, 1.82) is 0 Å². The van der Waals surface area contributed by atoms with Gasteiger partial charge >= 0.3 is 8.56 Å². The van der Waals surface area contributed by atoms with E-state index in [9.17, 15) is 0 Å². The lowest BCUT2D eigenvalue weighted by molar-refractivity contribution is 0.205. The minimum atomic E-state index is -2.20. The summed E-state index contributed by atoms with van der Waals surface area (Å²) in [7, 11) is 1.33. The van der Waals surface area contributed by atoms with Gasteiger partial charge in [-0.05, 0) is 32.0 Å². The molecular weight excluding hydrogens is 246 g/mol. The monoisotopic (exact) mass is 277 g/mol. The Balaban J connectivity index is 4.42. The molecule has 0 amide bonds. The van der Waals surface area contributed by atoms with Crippen LogP contribution < -0.4 is 16.8 Å². The third-order valence-corrected chi connectivity index (χ3v) is 8.28. The van der Waals surface area contributed by atoms with E-state index in [2.05, 4.69) is 19.2 Å². The molecule has 0 aromatic heterocycles. The maximum Gasteiger partial charge on any atom is 0.343 e. The van der Waals surface area contributed by atoms with Gasteiger partial charge in [-0.15, -0.1) is 0 Å². The van der Waals surface area contributed by atoms with Gasteiger partial charge in [0.25, 0.3) is 0 Å². The first-order valence-electron chi connectivity index (χ1n) is 6.71. The standard InChI is InChI=1S/C12H31N3O2Si/c1-12(2,6-7-13)18(16-3,17-4)11-5-9-15-10-8-14/h15H,5-11,13-14H2,1-4H3. The molecule has 110 valence electrons. The van der Waals surface area contributed by atoms with Crippen molar-refractivity contribution in [2.24, 2.45) is 11.5 Å². The SMILES string of the molecule is CO[Si](CCCNCCN)(OC)C(C)(C)CCN. The Kier molecular flexibility index (Phi) is 9.01. The summed E-state index contributed by atoms with van der Waals surface area (Å²) in [4.78, 5) is 0. The first-order valence-corrected chi connectivity index (χ1v) is 8.73. The van der Waals surface area contributed by atoms with Crippen LogP contribution in [0.5, 0.6) is 0 Å². The van der Waals surface area contributed by atoms with Crippen molar-refractivity contribution >= 4 is 8.56 Å². The molecule has 0 aromatic rings. The van der Waals surface area contributed by atoms with Gasteiger partial charge in [0, 0.05) is 32.3 Å². The van der Waals surface area contributed by atoms with Crippen LogP contribution in [0.15, 0.2) is 0 Å². The molecule has 0 aliphatic heterocycles. The van der Waals surface area contributed by atoms with Gasteiger partial charge < -0.3 is 25.6 Å². The molecule has 0 rings (SSSR count). The van der Waals surface area contributed by atoms with Crippen molar-refractivity contribution in [3.8, 4) is 0 Å². The highest BCUT2D eigenvalue weighted by atomic mass is 28.4. The predicted octanol–water partition coefficient (Wildman–Crippen LogP) is 0.789. The molecule has 0 fully saturated rings. The Hall–Kier alpha value is 0.0169. The third-order valence-electron chi connectivity index (χ3n) is 3.64. The smallest absolute Gasteiger partial charge is 0.343 e. The normalized spacial score (nSPS) is 13.0. The first-order chi connectivity index (χ1) is 8.49. The van der Waals surface area contributed by atoms with Crippen molar-refractivity contribution < 1.29 is 8.85 Å². The van der Waals surface area contributed by atoms with Crippen LogP contribution >= 0.6 is 0 Å². The molecule has 0 bridgehead atoms. The van der Waals surface area contributed by atoms with Crippen LogP contribution in [0.2, 0.25) is 11.1 Å². The molecule has 0 saturated carbocycles. The van der Waals surface area contributed by atoms with Gasteiger partial charge in [-0.3, -0.25) is 0 Å². The Labute approximate surface area is 113 Å². The van der Waals surface area contributed by atoms with E-state index in [4.69, 9.17) is 20.3 Å². The molecule has 0 aliphatic rings. The van der Waals surface area contributed by atoms with Crippen LogP contribution in [0.1, 0.15) is 26.7 Å². The third kappa shape index (κ3) is 4.95. The lowest BCUT2D eigenvalue weighted by atomic mass is 10.1. The highest BCUT2D eigenvalue weighted by molar-refractivity contribution is 6.70. The topological polar surface area (TPSA) is 82.5 Å². The van der Waals surface area contributed by atoms with Crippen molar-refractivity contribution in [2.75, 3.05) is 40.4 Å². The van der Waals surface area contributed by atoms with Crippen LogP contribution in [0.25, 0.3) is 0 Å². The average molecular weight is 277 g/mol. The molecule has 0 spiro atoms. The van der Waals surface area contributed by atoms with Crippen molar-refractivity contribution in [3.63, 3.8) is 0 Å². The fourth-order valence-corrected chi connectivity index (χ4v) is 5.93. The van der Waals surface area contributed by atoms with E-state index in [1.807, 2.05) is 0 Å². The van der Waals surface area contributed by atoms with Gasteiger partial charge in [0.2, 0.25) is 0 Å². The van der Waals surface area contributed by atoms with E-state index in [0.29, 0.717) is 13.1 Å². The predicted molar refractivity (Wildman–Crippen MR) is 78.8 cm³/mol. The summed E-state index contributed by atoms with van der Waals surface area (Å²) in [5, 5.41) is 3.33. The number of nitrogens with one attached hydrogen (secondary N) is 1. The summed E-state index contributed by atoms with van der Waals surface area (Å²) in [5.74, 6) is 0. The summed E-state index contributed by atoms with van der Waals surface area (Å²) >= 11 is 0. The molecule has 0 saturated heterocycles. The average Bonchev–Trinajstić information content (AvgIpc) is 2.34. The van der Waals surface area contributed by atoms with Gasteiger partial charge in [-0.25, -0.2) is 0 Å². The molecule has 6 heteroatoms. The molecule has 0 radical (unpaired) electrons. The summed E-state index contributed by atoms with van der Waals surface area (Å²) in [6.07, 6.45) is 1.97. The van der Waals surface area contributed by atoms with E-state index in [1.54, 1.807) is 14.2 Å². The maximum atomic E-state index is 5.82. The molecule has 0 aliphatic carbocycles.